The molecule has 31 heavy (non-hydrogen) atoms. The summed E-state index contributed by atoms with van der Waals surface area (Å²) in [7, 11) is 0. The lowest BCUT2D eigenvalue weighted by Crippen LogP contribution is -2.28. The summed E-state index contributed by atoms with van der Waals surface area (Å²) in [5, 5.41) is 8.58. The highest BCUT2D eigenvalue weighted by Gasteiger charge is 2.21. The van der Waals surface area contributed by atoms with Crippen LogP contribution in [0.5, 0.6) is 5.75 Å². The van der Waals surface area contributed by atoms with Gasteiger partial charge in [0.25, 0.3) is 5.56 Å². The Balaban J connectivity index is 1.28. The zero-order valence-corrected chi connectivity index (χ0v) is 17.9. The summed E-state index contributed by atoms with van der Waals surface area (Å²) in [5.41, 5.74) is 2.58. The fourth-order valence-electron chi connectivity index (χ4n) is 3.63. The van der Waals surface area contributed by atoms with Gasteiger partial charge in [-0.15, -0.1) is 5.10 Å². The van der Waals surface area contributed by atoms with Crippen molar-refractivity contribution in [3.63, 3.8) is 0 Å². The van der Waals surface area contributed by atoms with Crippen LogP contribution in [-0.2, 0) is 25.9 Å². The summed E-state index contributed by atoms with van der Waals surface area (Å²) in [6, 6.07) is 9.67. The molecule has 0 spiro atoms. The molecule has 1 saturated carbocycles. The van der Waals surface area contributed by atoms with Crippen molar-refractivity contribution in [3.8, 4) is 5.75 Å². The number of benzene rings is 1. The molecule has 2 heterocycles. The molecule has 8 nitrogen and oxygen atoms in total. The number of ether oxygens (including phenoxy) is 1. The average molecular weight is 424 g/mol. The van der Waals surface area contributed by atoms with Gasteiger partial charge in [0, 0.05) is 25.4 Å². The van der Waals surface area contributed by atoms with Crippen molar-refractivity contribution in [2.75, 3.05) is 6.61 Å². The first kappa shape index (κ1) is 21.1. The quantitative estimate of drug-likeness (QED) is 0.478. The van der Waals surface area contributed by atoms with Gasteiger partial charge in [0.15, 0.2) is 0 Å². The van der Waals surface area contributed by atoms with Crippen molar-refractivity contribution >= 4 is 0 Å². The minimum absolute atomic E-state index is 0.362. The second kappa shape index (κ2) is 9.76. The molecule has 0 amide bonds. The molecule has 0 unspecified atom stereocenters. The molecule has 1 aliphatic rings. The number of aromatic nitrogens is 5. The van der Waals surface area contributed by atoms with Crippen LogP contribution in [0.4, 0.5) is 0 Å². The Morgan fingerprint density at radius 3 is 2.81 bits per heavy atom. The predicted octanol–water partition coefficient (Wildman–Crippen LogP) is 2.49. The highest BCUT2D eigenvalue weighted by molar-refractivity contribution is 5.28. The Labute approximate surface area is 180 Å². The minimum atomic E-state index is -0.369. The molecule has 2 aromatic heterocycles. The Morgan fingerprint density at radius 1 is 1.13 bits per heavy atom. The highest BCUT2D eigenvalue weighted by atomic mass is 16.5. The van der Waals surface area contributed by atoms with Gasteiger partial charge in [-0.25, -0.2) is 9.48 Å². The number of rotatable bonds is 11. The third kappa shape index (κ3) is 5.93. The number of hydrogen-bond donors (Lipinski definition) is 1. The van der Waals surface area contributed by atoms with Gasteiger partial charge in [0.2, 0.25) is 0 Å². The van der Waals surface area contributed by atoms with E-state index in [2.05, 4.69) is 27.4 Å². The van der Waals surface area contributed by atoms with Crippen LogP contribution in [0.3, 0.4) is 0 Å². The standard InChI is InChI=1S/C23H29N5O3/c1-17-21(7-2-3-12-27-13-11-22(29)24-23(27)30)28(26-25-17)14-10-18-5-4-6-20(15-18)31-16-19-8-9-19/h4-6,11,13,15,19H,2-3,7-10,12,14,16H2,1H3,(H,24,29,30). The van der Waals surface area contributed by atoms with Crippen molar-refractivity contribution in [2.24, 2.45) is 5.92 Å². The Bertz CT molecular complexity index is 1130. The zero-order chi connectivity index (χ0) is 21.6. The normalized spacial score (nSPS) is 13.5. The van der Waals surface area contributed by atoms with Crippen molar-refractivity contribution in [2.45, 2.75) is 58.5 Å². The molecular weight excluding hydrogens is 394 g/mol. The maximum Gasteiger partial charge on any atom is 0.328 e. The van der Waals surface area contributed by atoms with Gasteiger partial charge in [0.05, 0.1) is 18.0 Å². The van der Waals surface area contributed by atoms with Crippen LogP contribution < -0.4 is 16.0 Å². The Morgan fingerprint density at radius 2 is 2.00 bits per heavy atom. The number of nitrogens with zero attached hydrogens (tertiary/aromatic N) is 4. The molecule has 0 saturated heterocycles. The van der Waals surface area contributed by atoms with E-state index >= 15 is 0 Å². The van der Waals surface area contributed by atoms with E-state index in [-0.39, 0.29) is 11.2 Å². The monoisotopic (exact) mass is 423 g/mol. The zero-order valence-electron chi connectivity index (χ0n) is 17.9. The topological polar surface area (TPSA) is 94.8 Å². The molecule has 1 N–H and O–H groups in total. The summed E-state index contributed by atoms with van der Waals surface area (Å²) in [6.07, 6.45) is 7.57. The van der Waals surface area contributed by atoms with E-state index in [0.717, 1.165) is 61.9 Å². The molecule has 1 fully saturated rings. The first-order valence-electron chi connectivity index (χ1n) is 11.0. The SMILES string of the molecule is Cc1nnn(CCc2cccc(OCC3CC3)c2)c1CCCCn1ccc(=O)[nH]c1=O. The predicted molar refractivity (Wildman–Crippen MR) is 117 cm³/mol. The fourth-order valence-corrected chi connectivity index (χ4v) is 3.63. The second-order valence-corrected chi connectivity index (χ2v) is 8.26. The average Bonchev–Trinajstić information content (AvgIpc) is 3.53. The summed E-state index contributed by atoms with van der Waals surface area (Å²) in [5.74, 6) is 1.68. The first-order chi connectivity index (χ1) is 15.1. The third-order valence-electron chi connectivity index (χ3n) is 5.68. The number of hydrogen-bond acceptors (Lipinski definition) is 5. The maximum absolute atomic E-state index is 11.8. The van der Waals surface area contributed by atoms with Crippen LogP contribution >= 0.6 is 0 Å². The van der Waals surface area contributed by atoms with Crippen LogP contribution in [-0.4, -0.2) is 31.2 Å². The van der Waals surface area contributed by atoms with Gasteiger partial charge in [0.1, 0.15) is 5.75 Å². The lowest BCUT2D eigenvalue weighted by Gasteiger charge is -2.10. The van der Waals surface area contributed by atoms with Gasteiger partial charge in [-0.2, -0.15) is 0 Å². The fraction of sp³-hybridized carbons (Fsp3) is 0.478. The van der Waals surface area contributed by atoms with E-state index in [1.165, 1.54) is 29.0 Å². The van der Waals surface area contributed by atoms with Crippen LogP contribution in [0.1, 0.15) is 42.6 Å². The smallest absolute Gasteiger partial charge is 0.328 e. The summed E-state index contributed by atoms with van der Waals surface area (Å²) < 4.78 is 9.40. The van der Waals surface area contributed by atoms with E-state index in [9.17, 15) is 9.59 Å². The van der Waals surface area contributed by atoms with E-state index in [0.29, 0.717) is 6.54 Å². The molecular formula is C23H29N5O3. The molecule has 0 bridgehead atoms. The van der Waals surface area contributed by atoms with Crippen molar-refractivity contribution in [1.29, 1.82) is 0 Å². The largest absolute Gasteiger partial charge is 0.493 e. The lowest BCUT2D eigenvalue weighted by molar-refractivity contribution is 0.299. The van der Waals surface area contributed by atoms with Crippen LogP contribution in [0.15, 0.2) is 46.1 Å². The molecule has 1 aromatic carbocycles. The van der Waals surface area contributed by atoms with Crippen molar-refractivity contribution in [1.82, 2.24) is 24.5 Å². The van der Waals surface area contributed by atoms with Crippen molar-refractivity contribution in [3.05, 3.63) is 74.3 Å². The number of nitrogens with one attached hydrogen (secondary N) is 1. The minimum Gasteiger partial charge on any atom is -0.493 e. The van der Waals surface area contributed by atoms with Gasteiger partial charge in [-0.1, -0.05) is 17.3 Å². The van der Waals surface area contributed by atoms with Gasteiger partial charge < -0.3 is 9.30 Å². The summed E-state index contributed by atoms with van der Waals surface area (Å²) in [6.45, 7) is 4.14. The number of aromatic amines is 1. The van der Waals surface area contributed by atoms with Crippen molar-refractivity contribution < 1.29 is 4.74 Å². The van der Waals surface area contributed by atoms with Crippen LogP contribution in [0, 0.1) is 12.8 Å². The number of H-pyrrole nitrogens is 1. The summed E-state index contributed by atoms with van der Waals surface area (Å²) >= 11 is 0. The molecule has 4 rings (SSSR count). The molecule has 0 atom stereocenters. The molecule has 3 aromatic rings. The second-order valence-electron chi connectivity index (χ2n) is 8.26. The molecule has 0 radical (unpaired) electrons. The van der Waals surface area contributed by atoms with Gasteiger partial charge >= 0.3 is 5.69 Å². The van der Waals surface area contributed by atoms with E-state index < -0.39 is 0 Å². The lowest BCUT2D eigenvalue weighted by atomic mass is 10.1. The van der Waals surface area contributed by atoms with E-state index in [4.69, 9.17) is 4.74 Å². The Kier molecular flexibility index (Phi) is 6.64. The third-order valence-corrected chi connectivity index (χ3v) is 5.68. The van der Waals surface area contributed by atoms with Crippen LogP contribution in [0.2, 0.25) is 0 Å². The number of unbranched alkanes of at least 4 members (excludes halogenated alkanes) is 1. The van der Waals surface area contributed by atoms with Gasteiger partial charge in [-0.3, -0.25) is 9.78 Å². The maximum atomic E-state index is 11.8. The first-order valence-corrected chi connectivity index (χ1v) is 11.0. The van der Waals surface area contributed by atoms with E-state index in [1.807, 2.05) is 23.7 Å². The summed E-state index contributed by atoms with van der Waals surface area (Å²) in [4.78, 5) is 25.2. The molecule has 8 heteroatoms. The number of aryl methyl sites for hydroxylation is 4. The van der Waals surface area contributed by atoms with Gasteiger partial charge in [-0.05, 0) is 69.1 Å². The van der Waals surface area contributed by atoms with Crippen LogP contribution in [0.25, 0.3) is 0 Å². The molecule has 0 aliphatic heterocycles. The Hall–Kier alpha value is -3.16. The molecule has 164 valence electrons. The van der Waals surface area contributed by atoms with E-state index in [1.54, 1.807) is 6.20 Å². The highest BCUT2D eigenvalue weighted by Crippen LogP contribution is 2.29. The molecule has 1 aliphatic carbocycles.